The number of hydrogen-bond acceptors (Lipinski definition) is 5. The number of aromatic nitrogens is 1. The lowest BCUT2D eigenvalue weighted by atomic mass is 10.3. The molecule has 0 spiro atoms. The van der Waals surface area contributed by atoms with Gasteiger partial charge in [-0.2, -0.15) is 4.31 Å². The highest BCUT2D eigenvalue weighted by Crippen LogP contribution is 2.23. The van der Waals surface area contributed by atoms with Crippen molar-refractivity contribution in [1.82, 2.24) is 9.29 Å². The SMILES string of the molecule is CCNc1cc(S(=O)(=O)N2CCC(OC)C2)ccn1. The summed E-state index contributed by atoms with van der Waals surface area (Å²) < 4.78 is 31.6. The summed E-state index contributed by atoms with van der Waals surface area (Å²) in [5.74, 6) is 0.575. The van der Waals surface area contributed by atoms with Crippen LogP contribution >= 0.6 is 0 Å². The minimum absolute atomic E-state index is 0.00940. The highest BCUT2D eigenvalue weighted by atomic mass is 32.2. The van der Waals surface area contributed by atoms with Gasteiger partial charge in [-0.25, -0.2) is 13.4 Å². The number of sulfonamides is 1. The summed E-state index contributed by atoms with van der Waals surface area (Å²) in [5, 5.41) is 3.01. The van der Waals surface area contributed by atoms with Crippen LogP contribution in [0.1, 0.15) is 13.3 Å². The largest absolute Gasteiger partial charge is 0.380 e. The van der Waals surface area contributed by atoms with Gasteiger partial charge in [-0.1, -0.05) is 0 Å². The van der Waals surface area contributed by atoms with Gasteiger partial charge in [0.25, 0.3) is 0 Å². The van der Waals surface area contributed by atoms with Crippen LogP contribution in [0.25, 0.3) is 0 Å². The number of methoxy groups -OCH3 is 1. The van der Waals surface area contributed by atoms with Crippen molar-refractivity contribution in [2.45, 2.75) is 24.3 Å². The van der Waals surface area contributed by atoms with Crippen molar-refractivity contribution in [3.05, 3.63) is 18.3 Å². The molecule has 1 N–H and O–H groups in total. The van der Waals surface area contributed by atoms with Crippen LogP contribution in [0.5, 0.6) is 0 Å². The molecule has 2 rings (SSSR count). The van der Waals surface area contributed by atoms with Crippen molar-refractivity contribution in [3.63, 3.8) is 0 Å². The second-order valence-electron chi connectivity index (χ2n) is 4.42. The normalized spacial score (nSPS) is 20.6. The average Bonchev–Trinajstić information content (AvgIpc) is 2.89. The van der Waals surface area contributed by atoms with Gasteiger partial charge >= 0.3 is 0 Å². The quantitative estimate of drug-likeness (QED) is 0.871. The first-order valence-electron chi connectivity index (χ1n) is 6.30. The molecule has 1 aromatic heterocycles. The van der Waals surface area contributed by atoms with Gasteiger partial charge in [-0.05, 0) is 19.4 Å². The zero-order chi connectivity index (χ0) is 13.9. The van der Waals surface area contributed by atoms with E-state index in [0.717, 1.165) is 6.42 Å². The van der Waals surface area contributed by atoms with Crippen LogP contribution in [-0.2, 0) is 14.8 Å². The molecular formula is C12H19N3O3S. The van der Waals surface area contributed by atoms with E-state index < -0.39 is 10.0 Å². The van der Waals surface area contributed by atoms with Crippen LogP contribution in [-0.4, -0.2) is 50.6 Å². The van der Waals surface area contributed by atoms with E-state index in [1.165, 1.54) is 16.6 Å². The molecule has 0 aromatic carbocycles. The molecule has 0 aliphatic carbocycles. The third kappa shape index (κ3) is 3.05. The molecule has 6 nitrogen and oxygen atoms in total. The summed E-state index contributed by atoms with van der Waals surface area (Å²) in [6, 6.07) is 3.09. The molecule has 1 aliphatic heterocycles. The monoisotopic (exact) mass is 285 g/mol. The Labute approximate surface area is 113 Å². The summed E-state index contributed by atoms with van der Waals surface area (Å²) in [5.41, 5.74) is 0. The molecule has 0 bridgehead atoms. The van der Waals surface area contributed by atoms with Gasteiger partial charge in [0.2, 0.25) is 10.0 Å². The van der Waals surface area contributed by atoms with E-state index in [1.807, 2.05) is 6.92 Å². The molecule has 106 valence electrons. The van der Waals surface area contributed by atoms with Crippen molar-refractivity contribution < 1.29 is 13.2 Å². The van der Waals surface area contributed by atoms with Crippen LogP contribution in [0.15, 0.2) is 23.2 Å². The van der Waals surface area contributed by atoms with Crippen LogP contribution in [0.4, 0.5) is 5.82 Å². The number of nitrogens with one attached hydrogen (secondary N) is 1. The highest BCUT2D eigenvalue weighted by Gasteiger charge is 2.32. The lowest BCUT2D eigenvalue weighted by Gasteiger charge is -2.16. The summed E-state index contributed by atoms with van der Waals surface area (Å²) in [7, 11) is -1.84. The Balaban J connectivity index is 2.22. The third-order valence-corrected chi connectivity index (χ3v) is 5.03. The molecule has 7 heteroatoms. The predicted molar refractivity (Wildman–Crippen MR) is 72.6 cm³/mol. The predicted octanol–water partition coefficient (Wildman–Crippen LogP) is 0.923. The van der Waals surface area contributed by atoms with E-state index in [2.05, 4.69) is 10.3 Å². The second kappa shape index (κ2) is 5.85. The van der Waals surface area contributed by atoms with Crippen molar-refractivity contribution in [2.75, 3.05) is 32.1 Å². The third-order valence-electron chi connectivity index (χ3n) is 3.17. The average molecular weight is 285 g/mol. The molecule has 2 heterocycles. The van der Waals surface area contributed by atoms with Crippen LogP contribution < -0.4 is 5.32 Å². The minimum Gasteiger partial charge on any atom is -0.380 e. The molecule has 1 saturated heterocycles. The standard InChI is InChI=1S/C12H19N3O3S/c1-3-13-12-8-11(4-6-14-12)19(16,17)15-7-5-10(9-15)18-2/h4,6,8,10H,3,5,7,9H2,1-2H3,(H,13,14). The fourth-order valence-electron chi connectivity index (χ4n) is 2.11. The molecule has 1 aliphatic rings. The van der Waals surface area contributed by atoms with E-state index in [4.69, 9.17) is 4.74 Å². The fourth-order valence-corrected chi connectivity index (χ4v) is 3.61. The second-order valence-corrected chi connectivity index (χ2v) is 6.35. The molecule has 0 saturated carbocycles. The van der Waals surface area contributed by atoms with Gasteiger partial charge in [0.1, 0.15) is 5.82 Å². The Hall–Kier alpha value is -1.18. The van der Waals surface area contributed by atoms with E-state index in [1.54, 1.807) is 13.2 Å². The topological polar surface area (TPSA) is 71.5 Å². The molecule has 1 aromatic rings. The Bertz CT molecular complexity index is 533. The number of anilines is 1. The van der Waals surface area contributed by atoms with Gasteiger partial charge < -0.3 is 10.1 Å². The molecule has 1 atom stereocenters. The molecular weight excluding hydrogens is 266 g/mol. The van der Waals surface area contributed by atoms with Crippen molar-refractivity contribution in [3.8, 4) is 0 Å². The van der Waals surface area contributed by atoms with E-state index >= 15 is 0 Å². The Morgan fingerprint density at radius 3 is 3.00 bits per heavy atom. The van der Waals surface area contributed by atoms with Crippen molar-refractivity contribution in [1.29, 1.82) is 0 Å². The summed E-state index contributed by atoms with van der Waals surface area (Å²) >= 11 is 0. The van der Waals surface area contributed by atoms with E-state index in [9.17, 15) is 8.42 Å². The lowest BCUT2D eigenvalue weighted by Crippen LogP contribution is -2.30. The number of rotatable bonds is 5. The number of hydrogen-bond donors (Lipinski definition) is 1. The van der Waals surface area contributed by atoms with E-state index in [-0.39, 0.29) is 11.0 Å². The number of nitrogens with zero attached hydrogens (tertiary/aromatic N) is 2. The summed E-state index contributed by atoms with van der Waals surface area (Å²) in [6.45, 7) is 3.55. The Morgan fingerprint density at radius 2 is 2.37 bits per heavy atom. The van der Waals surface area contributed by atoms with Crippen LogP contribution in [0.2, 0.25) is 0 Å². The van der Waals surface area contributed by atoms with Gasteiger partial charge in [-0.15, -0.1) is 0 Å². The Morgan fingerprint density at radius 1 is 1.58 bits per heavy atom. The molecule has 0 amide bonds. The first kappa shape index (κ1) is 14.2. The number of pyridine rings is 1. The molecule has 1 unspecified atom stereocenters. The van der Waals surface area contributed by atoms with Gasteiger partial charge in [-0.3, -0.25) is 0 Å². The molecule has 1 fully saturated rings. The smallest absolute Gasteiger partial charge is 0.243 e. The maximum absolute atomic E-state index is 12.5. The van der Waals surface area contributed by atoms with Gasteiger partial charge in [0.05, 0.1) is 11.0 Å². The van der Waals surface area contributed by atoms with Gasteiger partial charge in [0.15, 0.2) is 0 Å². The summed E-state index contributed by atoms with van der Waals surface area (Å²) in [4.78, 5) is 4.35. The maximum Gasteiger partial charge on any atom is 0.243 e. The fraction of sp³-hybridized carbons (Fsp3) is 0.583. The van der Waals surface area contributed by atoms with E-state index in [0.29, 0.717) is 25.5 Å². The molecule has 19 heavy (non-hydrogen) atoms. The zero-order valence-corrected chi connectivity index (χ0v) is 12.0. The lowest BCUT2D eigenvalue weighted by molar-refractivity contribution is 0.115. The van der Waals surface area contributed by atoms with Crippen molar-refractivity contribution in [2.24, 2.45) is 0 Å². The van der Waals surface area contributed by atoms with Gasteiger partial charge in [0, 0.05) is 39.0 Å². The zero-order valence-electron chi connectivity index (χ0n) is 11.2. The Kier molecular flexibility index (Phi) is 4.38. The number of ether oxygens (including phenoxy) is 1. The van der Waals surface area contributed by atoms with Crippen LogP contribution in [0.3, 0.4) is 0 Å². The molecule has 0 radical (unpaired) electrons. The highest BCUT2D eigenvalue weighted by molar-refractivity contribution is 7.89. The van der Waals surface area contributed by atoms with Crippen molar-refractivity contribution >= 4 is 15.8 Å². The minimum atomic E-state index is -3.45. The summed E-state index contributed by atoms with van der Waals surface area (Å²) in [6.07, 6.45) is 2.24. The first-order valence-corrected chi connectivity index (χ1v) is 7.74. The first-order chi connectivity index (χ1) is 9.07. The van der Waals surface area contributed by atoms with Crippen LogP contribution in [0, 0.1) is 0 Å². The maximum atomic E-state index is 12.5.